The maximum atomic E-state index is 13.0. The number of benzene rings is 1. The summed E-state index contributed by atoms with van der Waals surface area (Å²) in [5.41, 5.74) is 2.34. The summed E-state index contributed by atoms with van der Waals surface area (Å²) >= 11 is 0. The van der Waals surface area contributed by atoms with Gasteiger partial charge in [-0.05, 0) is 24.5 Å². The van der Waals surface area contributed by atoms with Crippen molar-refractivity contribution in [3.63, 3.8) is 0 Å². The number of rotatable bonds is 5. The van der Waals surface area contributed by atoms with Gasteiger partial charge in [-0.25, -0.2) is 4.79 Å². The largest absolute Gasteiger partial charge is 0.456 e. The number of esters is 1. The third-order valence-electron chi connectivity index (χ3n) is 3.60. The Kier molecular flexibility index (Phi) is 4.38. The third kappa shape index (κ3) is 3.33. The molecule has 0 aliphatic carbocycles. The molecule has 2 unspecified atom stereocenters. The van der Waals surface area contributed by atoms with Crippen LogP contribution < -0.4 is 5.32 Å². The number of nitrogens with one attached hydrogen (secondary N) is 1. The van der Waals surface area contributed by atoms with Crippen LogP contribution in [0.4, 0.5) is 8.78 Å². The second-order valence-corrected chi connectivity index (χ2v) is 5.16. The van der Waals surface area contributed by atoms with Crippen LogP contribution in [0.5, 0.6) is 0 Å². The number of aryl methyl sites for hydroxylation is 1. The van der Waals surface area contributed by atoms with Gasteiger partial charge >= 0.3 is 11.9 Å². The molecule has 1 fully saturated rings. The third-order valence-corrected chi connectivity index (χ3v) is 3.60. The highest BCUT2D eigenvalue weighted by atomic mass is 19.3. The molecule has 1 N–H and O–H groups in total. The molecule has 0 aromatic heterocycles. The molecule has 3 nitrogen and oxygen atoms in total. The Morgan fingerprint density at radius 1 is 1.40 bits per heavy atom. The van der Waals surface area contributed by atoms with Gasteiger partial charge in [-0.3, -0.25) is 0 Å². The number of carbonyl (C=O) groups is 1. The Morgan fingerprint density at radius 2 is 2.05 bits per heavy atom. The van der Waals surface area contributed by atoms with E-state index in [9.17, 15) is 13.6 Å². The first-order valence-corrected chi connectivity index (χ1v) is 6.83. The maximum Gasteiger partial charge on any atom is 0.377 e. The van der Waals surface area contributed by atoms with Gasteiger partial charge in [0.25, 0.3) is 0 Å². The summed E-state index contributed by atoms with van der Waals surface area (Å²) in [5.74, 6) is -4.75. The first-order chi connectivity index (χ1) is 9.42. The average molecular weight is 283 g/mol. The first kappa shape index (κ1) is 14.9. The van der Waals surface area contributed by atoms with E-state index in [0.717, 1.165) is 12.0 Å². The predicted molar refractivity (Wildman–Crippen MR) is 71.7 cm³/mol. The van der Waals surface area contributed by atoms with Crippen molar-refractivity contribution in [3.05, 3.63) is 35.4 Å². The van der Waals surface area contributed by atoms with Gasteiger partial charge in [0.15, 0.2) is 0 Å². The molecule has 1 saturated heterocycles. The van der Waals surface area contributed by atoms with Gasteiger partial charge < -0.3 is 10.1 Å². The van der Waals surface area contributed by atoms with Crippen molar-refractivity contribution in [1.29, 1.82) is 0 Å². The molecule has 5 heteroatoms. The molecule has 1 aliphatic rings. The number of cyclic esters (lactones) is 1. The van der Waals surface area contributed by atoms with Crippen LogP contribution in [0.25, 0.3) is 0 Å². The zero-order chi connectivity index (χ0) is 14.8. The number of alkyl halides is 2. The summed E-state index contributed by atoms with van der Waals surface area (Å²) in [5, 5.41) is 3.13. The number of hydrogen-bond donors (Lipinski definition) is 1. The molecule has 0 saturated carbocycles. The molecule has 1 aromatic rings. The number of hydrogen-bond acceptors (Lipinski definition) is 3. The van der Waals surface area contributed by atoms with Gasteiger partial charge in [-0.1, -0.05) is 31.2 Å². The van der Waals surface area contributed by atoms with Gasteiger partial charge in [0.2, 0.25) is 0 Å². The van der Waals surface area contributed by atoms with Crippen molar-refractivity contribution in [2.45, 2.75) is 44.8 Å². The topological polar surface area (TPSA) is 38.3 Å². The highest BCUT2D eigenvalue weighted by molar-refractivity contribution is 5.79. The Balaban J connectivity index is 1.86. The normalized spacial score (nSPS) is 22.6. The summed E-state index contributed by atoms with van der Waals surface area (Å²) in [6, 6.07) is 8.17. The molecule has 1 aromatic carbocycles. The van der Waals surface area contributed by atoms with Crippen molar-refractivity contribution in [2.75, 3.05) is 6.54 Å². The van der Waals surface area contributed by atoms with E-state index in [4.69, 9.17) is 0 Å². The molecule has 0 bridgehead atoms. The fourth-order valence-electron chi connectivity index (χ4n) is 2.23. The lowest BCUT2D eigenvalue weighted by atomic mass is 10.0. The zero-order valence-corrected chi connectivity index (χ0v) is 11.7. The first-order valence-electron chi connectivity index (χ1n) is 6.83. The average Bonchev–Trinajstić information content (AvgIpc) is 2.69. The van der Waals surface area contributed by atoms with Crippen LogP contribution in [0.15, 0.2) is 24.3 Å². The van der Waals surface area contributed by atoms with Crippen LogP contribution in [-0.2, 0) is 16.0 Å². The van der Waals surface area contributed by atoms with E-state index in [1.807, 2.05) is 19.1 Å². The van der Waals surface area contributed by atoms with E-state index in [1.165, 1.54) is 5.56 Å². The molecule has 2 atom stereocenters. The smallest absolute Gasteiger partial charge is 0.377 e. The fourth-order valence-corrected chi connectivity index (χ4v) is 2.23. The van der Waals surface area contributed by atoms with E-state index in [1.54, 1.807) is 0 Å². The van der Waals surface area contributed by atoms with Crippen LogP contribution >= 0.6 is 0 Å². The molecule has 0 amide bonds. The van der Waals surface area contributed by atoms with Gasteiger partial charge in [0, 0.05) is 12.6 Å². The van der Waals surface area contributed by atoms with E-state index in [-0.39, 0.29) is 12.6 Å². The molecule has 1 heterocycles. The monoisotopic (exact) mass is 283 g/mol. The van der Waals surface area contributed by atoms with Crippen molar-refractivity contribution in [2.24, 2.45) is 0 Å². The van der Waals surface area contributed by atoms with Crippen LogP contribution in [0.2, 0.25) is 0 Å². The fraction of sp³-hybridized carbons (Fsp3) is 0.533. The van der Waals surface area contributed by atoms with E-state index in [0.29, 0.717) is 0 Å². The summed E-state index contributed by atoms with van der Waals surface area (Å²) in [6.45, 7) is 4.28. The van der Waals surface area contributed by atoms with Crippen molar-refractivity contribution in [1.82, 2.24) is 5.32 Å². The molecule has 0 spiro atoms. The number of ether oxygens (including phenoxy) is 1. The highest BCUT2D eigenvalue weighted by Crippen LogP contribution is 2.30. The highest BCUT2D eigenvalue weighted by Gasteiger charge is 2.50. The minimum Gasteiger partial charge on any atom is -0.456 e. The predicted octanol–water partition coefficient (Wildman–Crippen LogP) is 2.85. The second kappa shape index (κ2) is 5.87. The maximum absolute atomic E-state index is 13.0. The molecule has 0 radical (unpaired) electrons. The molecule has 1 aliphatic heterocycles. The van der Waals surface area contributed by atoms with Gasteiger partial charge in [-0.2, -0.15) is 8.78 Å². The SMILES string of the molecule is CCc1ccc(C(C)NCC2CC(F)(F)C(=O)O2)cc1. The van der Waals surface area contributed by atoms with E-state index in [2.05, 4.69) is 29.1 Å². The lowest BCUT2D eigenvalue weighted by Gasteiger charge is -2.17. The molecule has 20 heavy (non-hydrogen) atoms. The molecular formula is C15H19F2NO2. The van der Waals surface area contributed by atoms with Gasteiger partial charge in [0.05, 0.1) is 6.42 Å². The summed E-state index contributed by atoms with van der Waals surface area (Å²) < 4.78 is 30.7. The van der Waals surface area contributed by atoms with Crippen molar-refractivity contribution in [3.8, 4) is 0 Å². The number of carbonyl (C=O) groups excluding carboxylic acids is 1. The zero-order valence-electron chi connectivity index (χ0n) is 11.7. The van der Waals surface area contributed by atoms with Crippen LogP contribution in [0.1, 0.15) is 37.4 Å². The standard InChI is InChI=1S/C15H19F2NO2/c1-3-11-4-6-12(7-5-11)10(2)18-9-13-8-15(16,17)14(19)20-13/h4-7,10,13,18H,3,8-9H2,1-2H3. The summed E-state index contributed by atoms with van der Waals surface area (Å²) in [7, 11) is 0. The van der Waals surface area contributed by atoms with Crippen LogP contribution in [0.3, 0.4) is 0 Å². The Bertz CT molecular complexity index is 473. The second-order valence-electron chi connectivity index (χ2n) is 5.16. The Labute approximate surface area is 117 Å². The minimum atomic E-state index is -3.33. The summed E-state index contributed by atoms with van der Waals surface area (Å²) in [6.07, 6.45) is -0.315. The van der Waals surface area contributed by atoms with Gasteiger partial charge in [0.1, 0.15) is 6.10 Å². The lowest BCUT2D eigenvalue weighted by Crippen LogP contribution is -2.29. The molecule has 2 rings (SSSR count). The minimum absolute atomic E-state index is 0.0221. The van der Waals surface area contributed by atoms with Gasteiger partial charge in [-0.15, -0.1) is 0 Å². The van der Waals surface area contributed by atoms with E-state index >= 15 is 0 Å². The van der Waals surface area contributed by atoms with Crippen molar-refractivity contribution >= 4 is 5.97 Å². The quantitative estimate of drug-likeness (QED) is 0.844. The Hall–Kier alpha value is -1.49. The van der Waals surface area contributed by atoms with Crippen molar-refractivity contribution < 1.29 is 18.3 Å². The number of halogens is 2. The molecule has 110 valence electrons. The van der Waals surface area contributed by atoms with E-state index < -0.39 is 24.4 Å². The lowest BCUT2D eigenvalue weighted by molar-refractivity contribution is -0.159. The summed E-state index contributed by atoms with van der Waals surface area (Å²) in [4.78, 5) is 10.9. The van der Waals surface area contributed by atoms with Crippen LogP contribution in [-0.4, -0.2) is 24.5 Å². The molecular weight excluding hydrogens is 264 g/mol. The Morgan fingerprint density at radius 3 is 2.55 bits per heavy atom. The van der Waals surface area contributed by atoms with Crippen LogP contribution in [0, 0.1) is 0 Å².